The van der Waals surface area contributed by atoms with Crippen molar-refractivity contribution in [1.82, 2.24) is 10.3 Å². The highest BCUT2D eigenvalue weighted by Crippen LogP contribution is 2.65. The van der Waals surface area contributed by atoms with Gasteiger partial charge in [0.15, 0.2) is 5.58 Å². The van der Waals surface area contributed by atoms with Crippen LogP contribution in [0.5, 0.6) is 0 Å². The van der Waals surface area contributed by atoms with Gasteiger partial charge in [-0.1, -0.05) is 44.7 Å². The molecule has 2 fully saturated rings. The topological polar surface area (TPSA) is 55.1 Å². The molecular formula is C19H24N2O2S. The number of nitrogens with one attached hydrogen (secondary N) is 1. The number of thioether (sulfide) groups is 1. The Kier molecular flexibility index (Phi) is 3.68. The van der Waals surface area contributed by atoms with Crippen LogP contribution in [0.3, 0.4) is 0 Å². The lowest BCUT2D eigenvalue weighted by Gasteiger charge is -2.39. The molecule has 2 aliphatic carbocycles. The highest BCUT2D eigenvalue weighted by molar-refractivity contribution is 7.99. The molecule has 0 radical (unpaired) electrons. The summed E-state index contributed by atoms with van der Waals surface area (Å²) < 4.78 is 5.66. The second kappa shape index (κ2) is 5.51. The fourth-order valence-electron chi connectivity index (χ4n) is 4.70. The van der Waals surface area contributed by atoms with Crippen molar-refractivity contribution in [3.05, 3.63) is 24.3 Å². The quantitative estimate of drug-likeness (QED) is 0.843. The molecule has 24 heavy (non-hydrogen) atoms. The average Bonchev–Trinajstić information content (AvgIpc) is 3.11. The van der Waals surface area contributed by atoms with Crippen molar-refractivity contribution in [2.24, 2.45) is 16.7 Å². The molecule has 2 aromatic rings. The summed E-state index contributed by atoms with van der Waals surface area (Å²) in [5.41, 5.74) is 2.14. The Morgan fingerprint density at radius 3 is 2.83 bits per heavy atom. The Hall–Kier alpha value is -1.49. The molecule has 2 saturated carbocycles. The lowest BCUT2D eigenvalue weighted by Crippen LogP contribution is -2.47. The van der Waals surface area contributed by atoms with Crippen LogP contribution in [0.25, 0.3) is 11.1 Å². The molecule has 4 rings (SSSR count). The Labute approximate surface area is 146 Å². The van der Waals surface area contributed by atoms with Gasteiger partial charge in [0.25, 0.3) is 5.22 Å². The van der Waals surface area contributed by atoms with E-state index in [0.29, 0.717) is 22.4 Å². The van der Waals surface area contributed by atoms with Gasteiger partial charge in [0.1, 0.15) is 5.52 Å². The van der Waals surface area contributed by atoms with E-state index in [1.165, 1.54) is 24.6 Å². The Morgan fingerprint density at radius 2 is 2.17 bits per heavy atom. The zero-order valence-electron chi connectivity index (χ0n) is 14.5. The first-order chi connectivity index (χ1) is 11.4. The van der Waals surface area contributed by atoms with Gasteiger partial charge < -0.3 is 9.73 Å². The van der Waals surface area contributed by atoms with Gasteiger partial charge in [-0.05, 0) is 48.1 Å². The molecule has 1 aromatic carbocycles. The maximum absolute atomic E-state index is 12.4. The Morgan fingerprint density at radius 1 is 1.38 bits per heavy atom. The summed E-state index contributed by atoms with van der Waals surface area (Å²) >= 11 is 1.37. The smallest absolute Gasteiger partial charge is 0.257 e. The minimum absolute atomic E-state index is 0.0804. The van der Waals surface area contributed by atoms with Crippen LogP contribution in [-0.2, 0) is 4.79 Å². The maximum atomic E-state index is 12.4. The average molecular weight is 344 g/mol. The van der Waals surface area contributed by atoms with E-state index in [0.717, 1.165) is 23.4 Å². The highest BCUT2D eigenvalue weighted by Gasteiger charge is 2.61. The van der Waals surface area contributed by atoms with E-state index in [1.54, 1.807) is 0 Å². The summed E-state index contributed by atoms with van der Waals surface area (Å²) in [5, 5.41) is 3.84. The van der Waals surface area contributed by atoms with Gasteiger partial charge in [-0.25, -0.2) is 4.98 Å². The number of fused-ring (bicyclic) bond motifs is 3. The summed E-state index contributed by atoms with van der Waals surface area (Å²) in [6.45, 7) is 7.08. The predicted molar refractivity (Wildman–Crippen MR) is 95.9 cm³/mol. The summed E-state index contributed by atoms with van der Waals surface area (Å²) in [5.74, 6) is 1.17. The molecule has 3 atom stereocenters. The molecule has 0 saturated heterocycles. The molecule has 1 aromatic heterocycles. The lowest BCUT2D eigenvalue weighted by molar-refractivity contribution is -0.120. The molecule has 0 aliphatic heterocycles. The van der Waals surface area contributed by atoms with Crippen molar-refractivity contribution in [2.75, 3.05) is 5.75 Å². The molecule has 5 heteroatoms. The van der Waals surface area contributed by atoms with Crippen LogP contribution in [0.4, 0.5) is 0 Å². The van der Waals surface area contributed by atoms with E-state index < -0.39 is 0 Å². The number of rotatable bonds is 4. The van der Waals surface area contributed by atoms with E-state index in [1.807, 2.05) is 24.3 Å². The zero-order valence-corrected chi connectivity index (χ0v) is 15.3. The van der Waals surface area contributed by atoms with E-state index in [9.17, 15) is 4.79 Å². The van der Waals surface area contributed by atoms with Gasteiger partial charge >= 0.3 is 0 Å². The van der Waals surface area contributed by atoms with Crippen LogP contribution < -0.4 is 5.32 Å². The largest absolute Gasteiger partial charge is 0.431 e. The lowest BCUT2D eigenvalue weighted by atomic mass is 9.69. The van der Waals surface area contributed by atoms with Gasteiger partial charge in [0.05, 0.1) is 5.75 Å². The van der Waals surface area contributed by atoms with Crippen molar-refractivity contribution in [3.8, 4) is 0 Å². The molecule has 3 unspecified atom stereocenters. The first kappa shape index (κ1) is 16.0. The maximum Gasteiger partial charge on any atom is 0.257 e. The number of hydrogen-bond donors (Lipinski definition) is 1. The summed E-state index contributed by atoms with van der Waals surface area (Å²) in [7, 11) is 0. The fraction of sp³-hybridized carbons (Fsp3) is 0.579. The van der Waals surface area contributed by atoms with Gasteiger partial charge in [0, 0.05) is 6.04 Å². The summed E-state index contributed by atoms with van der Waals surface area (Å²) in [6.07, 6.45) is 3.63. The molecule has 0 spiro atoms. The van der Waals surface area contributed by atoms with E-state index >= 15 is 0 Å². The van der Waals surface area contributed by atoms with Gasteiger partial charge in [-0.2, -0.15) is 0 Å². The monoisotopic (exact) mass is 344 g/mol. The normalized spacial score (nSPS) is 30.8. The second-order valence-electron chi connectivity index (χ2n) is 7.97. The summed E-state index contributed by atoms with van der Waals surface area (Å²) in [4.78, 5) is 16.8. The third-order valence-electron chi connectivity index (χ3n) is 6.73. The first-order valence-corrected chi connectivity index (χ1v) is 9.66. The number of para-hydroxylation sites is 2. The fourth-order valence-corrected chi connectivity index (χ4v) is 5.35. The first-order valence-electron chi connectivity index (χ1n) is 8.68. The number of aromatic nitrogens is 1. The van der Waals surface area contributed by atoms with Gasteiger partial charge in [-0.15, -0.1) is 0 Å². The van der Waals surface area contributed by atoms with Crippen molar-refractivity contribution >= 4 is 28.8 Å². The molecular weight excluding hydrogens is 320 g/mol. The number of hydrogen-bond acceptors (Lipinski definition) is 4. The standard InChI is InChI=1S/C19H24N2O2S/c1-18(2)12-8-9-19(18,3)15(10-12)21-16(22)11-24-17-20-13-6-4-5-7-14(13)23-17/h4-7,12,15H,8-11H2,1-3H3,(H,21,22). The molecule has 2 aliphatic rings. The van der Waals surface area contributed by atoms with Crippen LogP contribution in [0, 0.1) is 16.7 Å². The van der Waals surface area contributed by atoms with Crippen LogP contribution in [0.1, 0.15) is 40.0 Å². The van der Waals surface area contributed by atoms with Crippen molar-refractivity contribution in [1.29, 1.82) is 0 Å². The number of amides is 1. The molecule has 1 N–H and O–H groups in total. The number of carbonyl (C=O) groups excluding carboxylic acids is 1. The van der Waals surface area contributed by atoms with E-state index in [4.69, 9.17) is 4.42 Å². The molecule has 4 nitrogen and oxygen atoms in total. The second-order valence-corrected chi connectivity index (χ2v) is 8.89. The molecule has 128 valence electrons. The number of nitrogens with zero attached hydrogens (tertiary/aromatic N) is 1. The minimum Gasteiger partial charge on any atom is -0.431 e. The van der Waals surface area contributed by atoms with E-state index in [2.05, 4.69) is 31.1 Å². The SMILES string of the molecule is CC1(C)C2CCC1(C)C(NC(=O)CSc1nc3ccccc3o1)C2. The van der Waals surface area contributed by atoms with Gasteiger partial charge in [-0.3, -0.25) is 4.79 Å². The Bertz CT molecular complexity index is 752. The third kappa shape index (κ3) is 2.36. The third-order valence-corrected chi connectivity index (χ3v) is 7.56. The predicted octanol–water partition coefficient (Wildman–Crippen LogP) is 4.25. The highest BCUT2D eigenvalue weighted by atomic mass is 32.2. The Balaban J connectivity index is 1.37. The molecule has 1 amide bonds. The van der Waals surface area contributed by atoms with Crippen molar-refractivity contribution in [3.63, 3.8) is 0 Å². The van der Waals surface area contributed by atoms with Crippen molar-refractivity contribution < 1.29 is 9.21 Å². The molecule has 1 heterocycles. The minimum atomic E-state index is 0.0804. The zero-order chi connectivity index (χ0) is 16.9. The number of carbonyl (C=O) groups is 1. The molecule has 2 bridgehead atoms. The summed E-state index contributed by atoms with van der Waals surface area (Å²) in [6, 6.07) is 7.96. The van der Waals surface area contributed by atoms with Crippen LogP contribution in [-0.4, -0.2) is 22.7 Å². The van der Waals surface area contributed by atoms with Crippen LogP contribution >= 0.6 is 11.8 Å². The van der Waals surface area contributed by atoms with E-state index in [-0.39, 0.29) is 11.3 Å². The van der Waals surface area contributed by atoms with Crippen molar-refractivity contribution in [2.45, 2.75) is 51.3 Å². The number of oxazole rings is 1. The van der Waals surface area contributed by atoms with Crippen LogP contribution in [0.2, 0.25) is 0 Å². The van der Waals surface area contributed by atoms with Crippen LogP contribution in [0.15, 0.2) is 33.9 Å². The number of benzene rings is 1. The van der Waals surface area contributed by atoms with Gasteiger partial charge in [0.2, 0.25) is 5.91 Å².